The number of hydrogen-bond acceptors (Lipinski definition) is 7. The van der Waals surface area contributed by atoms with Crippen LogP contribution < -0.4 is 0 Å². The maximum Gasteiger partial charge on any atom is 0.341 e. The van der Waals surface area contributed by atoms with E-state index in [-0.39, 0.29) is 59.4 Å². The number of aryl methyl sites for hydroxylation is 1. The van der Waals surface area contributed by atoms with Crippen LogP contribution in [-0.4, -0.2) is 37.5 Å². The number of aliphatic carboxylic acids is 1. The quantitative estimate of drug-likeness (QED) is 0.116. The van der Waals surface area contributed by atoms with E-state index < -0.39 is 52.0 Å². The number of fused-ring (bicyclic) bond motifs is 1. The number of cyclic esters (lactones) is 1. The molecule has 1 aliphatic rings. The number of rotatable bonds is 5. The van der Waals surface area contributed by atoms with E-state index in [0.29, 0.717) is 0 Å². The highest BCUT2D eigenvalue weighted by molar-refractivity contribution is 6.53. The second kappa shape index (κ2) is 9.69. The molecule has 0 bridgehead atoms. The van der Waals surface area contributed by atoms with E-state index in [2.05, 4.69) is 0 Å². The van der Waals surface area contributed by atoms with Gasteiger partial charge >= 0.3 is 11.9 Å². The summed E-state index contributed by atoms with van der Waals surface area (Å²) in [5.41, 5.74) is -3.74. The van der Waals surface area contributed by atoms with E-state index in [9.17, 15) is 30.0 Å². The third-order valence-electron chi connectivity index (χ3n) is 5.79. The summed E-state index contributed by atoms with van der Waals surface area (Å²) in [4.78, 5) is 24.4. The smallest absolute Gasteiger partial charge is 0.341 e. The van der Waals surface area contributed by atoms with Gasteiger partial charge in [0.25, 0.3) is 0 Å². The second-order valence-electron chi connectivity index (χ2n) is 7.89. The molecule has 0 amide bonds. The average Bonchev–Trinajstić information content (AvgIpc) is 3.15. The third kappa shape index (κ3) is 4.16. The Morgan fingerprint density at radius 1 is 0.784 bits per heavy atom. The first kappa shape index (κ1) is 27.6. The molecule has 0 aromatic heterocycles. The summed E-state index contributed by atoms with van der Waals surface area (Å²) in [7, 11) is 0. The Hall–Kier alpha value is -2.46. The van der Waals surface area contributed by atoms with Crippen molar-refractivity contribution in [1.82, 2.24) is 0 Å². The Morgan fingerprint density at radius 2 is 1.41 bits per heavy atom. The minimum absolute atomic E-state index is 0.0595. The lowest BCUT2D eigenvalue weighted by Crippen LogP contribution is -2.30. The summed E-state index contributed by atoms with van der Waals surface area (Å²) >= 11 is 37.6. The Bertz CT molecular complexity index is 1520. The molecule has 0 saturated heterocycles. The standard InChI is InChI=1S/C23H12Cl6O8/c24-9-4-7(10(30)5-11(9)31)23(8-3-6(1-2-12(32)33)20(34)19(29)21(8)35)14-13(22(36)37-23)15(25)17(27)18(28)16(14)26/h3-5,30-31,34-35H,1-2H2,(H,32,33). The zero-order valence-electron chi connectivity index (χ0n) is 17.9. The number of ether oxygens (including phenoxy) is 1. The van der Waals surface area contributed by atoms with Gasteiger partial charge in [-0.1, -0.05) is 69.6 Å². The van der Waals surface area contributed by atoms with Crippen molar-refractivity contribution in [2.45, 2.75) is 18.4 Å². The zero-order valence-corrected chi connectivity index (χ0v) is 22.4. The van der Waals surface area contributed by atoms with Crippen LogP contribution in [0, 0.1) is 0 Å². The Morgan fingerprint density at radius 3 is 2.03 bits per heavy atom. The molecule has 14 heteroatoms. The van der Waals surface area contributed by atoms with Gasteiger partial charge in [0, 0.05) is 29.2 Å². The van der Waals surface area contributed by atoms with Gasteiger partial charge in [0.1, 0.15) is 28.0 Å². The number of halogens is 6. The Kier molecular flexibility index (Phi) is 7.22. The van der Waals surface area contributed by atoms with E-state index in [1.807, 2.05) is 0 Å². The second-order valence-corrected chi connectivity index (χ2v) is 10.2. The van der Waals surface area contributed by atoms with Crippen LogP contribution in [0.5, 0.6) is 23.0 Å². The van der Waals surface area contributed by atoms with Crippen molar-refractivity contribution >= 4 is 81.5 Å². The maximum atomic E-state index is 13.2. The van der Waals surface area contributed by atoms with E-state index in [1.165, 1.54) is 0 Å². The molecule has 3 aromatic carbocycles. The number of carboxylic acid groups (broad SMARTS) is 1. The Balaban J connectivity index is 2.23. The van der Waals surface area contributed by atoms with Crippen molar-refractivity contribution in [3.8, 4) is 23.0 Å². The van der Waals surface area contributed by atoms with Gasteiger partial charge in [0.05, 0.1) is 30.7 Å². The van der Waals surface area contributed by atoms with Gasteiger partial charge in [-0.05, 0) is 24.1 Å². The SMILES string of the molecule is O=C(O)CCc1cc(C2(c3cc(Cl)c(O)cc3O)OC(=O)c3c(Cl)c(Cl)c(Cl)c(Cl)c32)c(O)c(Cl)c1O. The fourth-order valence-corrected chi connectivity index (χ4v) is 5.58. The van der Waals surface area contributed by atoms with Gasteiger partial charge in [-0.2, -0.15) is 0 Å². The first-order chi connectivity index (χ1) is 17.2. The van der Waals surface area contributed by atoms with Crippen LogP contribution in [0.2, 0.25) is 30.1 Å². The number of phenols is 4. The number of carbonyl (C=O) groups is 2. The highest BCUT2D eigenvalue weighted by Crippen LogP contribution is 2.60. The predicted octanol–water partition coefficient (Wildman–Crippen LogP) is 6.91. The molecule has 194 valence electrons. The molecule has 0 fully saturated rings. The van der Waals surface area contributed by atoms with Gasteiger partial charge in [-0.25, -0.2) is 4.79 Å². The number of benzene rings is 3. The minimum atomic E-state index is -2.37. The highest BCUT2D eigenvalue weighted by atomic mass is 35.5. The largest absolute Gasteiger partial charge is 0.507 e. The van der Waals surface area contributed by atoms with Crippen LogP contribution in [0.25, 0.3) is 0 Å². The summed E-state index contributed by atoms with van der Waals surface area (Å²) in [6.07, 6.45) is -0.703. The van der Waals surface area contributed by atoms with Gasteiger partial charge in [-0.3, -0.25) is 4.79 Å². The monoisotopic (exact) mass is 626 g/mol. The average molecular weight is 629 g/mol. The Labute approximate surface area is 238 Å². The van der Waals surface area contributed by atoms with Crippen LogP contribution in [-0.2, 0) is 21.6 Å². The topological polar surface area (TPSA) is 145 Å². The number of aromatic hydroxyl groups is 4. The van der Waals surface area contributed by atoms with Crippen molar-refractivity contribution in [3.05, 3.63) is 76.2 Å². The molecule has 5 N–H and O–H groups in total. The first-order valence-electron chi connectivity index (χ1n) is 10.0. The highest BCUT2D eigenvalue weighted by Gasteiger charge is 2.55. The maximum absolute atomic E-state index is 13.2. The van der Waals surface area contributed by atoms with Crippen LogP contribution >= 0.6 is 69.6 Å². The molecule has 1 heterocycles. The molecule has 37 heavy (non-hydrogen) atoms. The molecule has 0 saturated carbocycles. The van der Waals surface area contributed by atoms with E-state index in [0.717, 1.165) is 18.2 Å². The molecule has 1 atom stereocenters. The summed E-state index contributed by atoms with van der Waals surface area (Å²) in [5, 5.41) is 49.4. The van der Waals surface area contributed by atoms with Gasteiger partial charge < -0.3 is 30.3 Å². The molecule has 1 aliphatic heterocycles. The molecule has 1 unspecified atom stereocenters. The van der Waals surface area contributed by atoms with Crippen molar-refractivity contribution in [3.63, 3.8) is 0 Å². The molecular weight excluding hydrogens is 617 g/mol. The molecule has 8 nitrogen and oxygen atoms in total. The fraction of sp³-hybridized carbons (Fsp3) is 0.130. The van der Waals surface area contributed by atoms with Gasteiger partial charge in [-0.15, -0.1) is 0 Å². The van der Waals surface area contributed by atoms with Gasteiger partial charge in [0.15, 0.2) is 5.60 Å². The number of esters is 1. The van der Waals surface area contributed by atoms with Gasteiger partial charge in [0.2, 0.25) is 0 Å². The summed E-state index contributed by atoms with van der Waals surface area (Å²) in [5.74, 6) is -4.94. The zero-order chi connectivity index (χ0) is 27.6. The molecule has 3 aromatic rings. The van der Waals surface area contributed by atoms with E-state index >= 15 is 0 Å². The summed E-state index contributed by atoms with van der Waals surface area (Å²) < 4.78 is 5.75. The summed E-state index contributed by atoms with van der Waals surface area (Å²) in [6.45, 7) is 0. The molecule has 0 radical (unpaired) electrons. The van der Waals surface area contributed by atoms with Crippen molar-refractivity contribution < 1.29 is 39.9 Å². The molecular formula is C23H12Cl6O8. The minimum Gasteiger partial charge on any atom is -0.507 e. The number of hydrogen-bond donors (Lipinski definition) is 5. The lowest BCUT2D eigenvalue weighted by molar-refractivity contribution is -0.136. The lowest BCUT2D eigenvalue weighted by atomic mass is 9.78. The lowest BCUT2D eigenvalue weighted by Gasteiger charge is -2.33. The first-order valence-corrected chi connectivity index (χ1v) is 12.3. The fourth-order valence-electron chi connectivity index (χ4n) is 4.14. The van der Waals surface area contributed by atoms with E-state index in [4.69, 9.17) is 79.4 Å². The number of phenolic OH excluding ortho intramolecular Hbond substituents is 4. The number of carboxylic acids is 1. The molecule has 0 aliphatic carbocycles. The third-order valence-corrected chi connectivity index (χ3v) is 8.26. The van der Waals surface area contributed by atoms with Crippen molar-refractivity contribution in [2.75, 3.05) is 0 Å². The van der Waals surface area contributed by atoms with Crippen LogP contribution in [0.1, 0.15) is 39.0 Å². The molecule has 4 rings (SSSR count). The predicted molar refractivity (Wildman–Crippen MR) is 137 cm³/mol. The van der Waals surface area contributed by atoms with Crippen LogP contribution in [0.15, 0.2) is 18.2 Å². The van der Waals surface area contributed by atoms with E-state index in [1.54, 1.807) is 0 Å². The van der Waals surface area contributed by atoms with Crippen LogP contribution in [0.3, 0.4) is 0 Å². The summed E-state index contributed by atoms with van der Waals surface area (Å²) in [6, 6.07) is 3.01. The molecule has 0 spiro atoms. The van der Waals surface area contributed by atoms with Crippen LogP contribution in [0.4, 0.5) is 0 Å². The number of carbonyl (C=O) groups excluding carboxylic acids is 1. The van der Waals surface area contributed by atoms with Crippen molar-refractivity contribution in [1.29, 1.82) is 0 Å². The van der Waals surface area contributed by atoms with Crippen molar-refractivity contribution in [2.24, 2.45) is 0 Å². The normalized spacial score (nSPS) is 16.5.